The van der Waals surface area contributed by atoms with E-state index in [0.29, 0.717) is 0 Å². The van der Waals surface area contributed by atoms with Gasteiger partial charge in [-0.3, -0.25) is 4.79 Å². The Hall–Kier alpha value is -0.910. The van der Waals surface area contributed by atoms with Crippen LogP contribution in [-0.4, -0.2) is 39.8 Å². The van der Waals surface area contributed by atoms with Crippen LogP contribution in [-0.2, 0) is 19.0 Å². The standard InChI is InChI=1S/C8H15NO4/c1-5-7(10)9-6-8(11-2,12-3)13-4/h5H,1,6H2,2-4H3,(H,9,10). The lowest BCUT2D eigenvalue weighted by Crippen LogP contribution is -2.47. The Labute approximate surface area is 77.7 Å². The molecule has 0 bridgehead atoms. The maximum absolute atomic E-state index is 10.8. The van der Waals surface area contributed by atoms with Gasteiger partial charge in [-0.1, -0.05) is 6.58 Å². The van der Waals surface area contributed by atoms with E-state index in [1.165, 1.54) is 21.3 Å². The SMILES string of the molecule is C=CC(=O)NCC(OC)(OC)OC. The normalized spacial score (nSPS) is 11.0. The van der Waals surface area contributed by atoms with Gasteiger partial charge in [0.05, 0.1) is 6.54 Å². The van der Waals surface area contributed by atoms with Crippen LogP contribution in [0, 0.1) is 0 Å². The zero-order valence-electron chi connectivity index (χ0n) is 8.12. The highest BCUT2D eigenvalue weighted by Gasteiger charge is 2.29. The highest BCUT2D eigenvalue weighted by atomic mass is 16.9. The summed E-state index contributed by atoms with van der Waals surface area (Å²) < 4.78 is 14.8. The quantitative estimate of drug-likeness (QED) is 0.467. The molecule has 0 aliphatic carbocycles. The lowest BCUT2D eigenvalue weighted by atomic mass is 10.5. The van der Waals surface area contributed by atoms with Gasteiger partial charge in [0.2, 0.25) is 5.91 Å². The van der Waals surface area contributed by atoms with Gasteiger partial charge in [0, 0.05) is 21.3 Å². The van der Waals surface area contributed by atoms with Gasteiger partial charge >= 0.3 is 5.97 Å². The van der Waals surface area contributed by atoms with Crippen LogP contribution in [0.3, 0.4) is 0 Å². The first-order chi connectivity index (χ1) is 6.14. The molecule has 1 N–H and O–H groups in total. The van der Waals surface area contributed by atoms with E-state index in [0.717, 1.165) is 6.08 Å². The van der Waals surface area contributed by atoms with Crippen molar-refractivity contribution in [1.82, 2.24) is 5.32 Å². The molecule has 5 nitrogen and oxygen atoms in total. The highest BCUT2D eigenvalue weighted by molar-refractivity contribution is 5.86. The van der Waals surface area contributed by atoms with Crippen LogP contribution in [0.1, 0.15) is 0 Å². The van der Waals surface area contributed by atoms with Crippen molar-refractivity contribution >= 4 is 5.91 Å². The summed E-state index contributed by atoms with van der Waals surface area (Å²) in [5.41, 5.74) is 0. The molecule has 0 fully saturated rings. The summed E-state index contributed by atoms with van der Waals surface area (Å²) in [6.45, 7) is 3.40. The number of nitrogens with one attached hydrogen (secondary N) is 1. The van der Waals surface area contributed by atoms with Crippen molar-refractivity contribution in [2.45, 2.75) is 5.97 Å². The second kappa shape index (κ2) is 5.69. The first-order valence-electron chi connectivity index (χ1n) is 3.70. The predicted molar refractivity (Wildman–Crippen MR) is 47.0 cm³/mol. The Morgan fingerprint density at radius 1 is 1.38 bits per heavy atom. The summed E-state index contributed by atoms with van der Waals surface area (Å²) >= 11 is 0. The van der Waals surface area contributed by atoms with E-state index in [2.05, 4.69) is 11.9 Å². The Kier molecular flexibility index (Phi) is 5.29. The van der Waals surface area contributed by atoms with Crippen LogP contribution < -0.4 is 5.32 Å². The topological polar surface area (TPSA) is 56.8 Å². The maximum Gasteiger partial charge on any atom is 0.300 e. The molecular formula is C8H15NO4. The zero-order valence-corrected chi connectivity index (χ0v) is 8.12. The smallest absolute Gasteiger partial charge is 0.300 e. The van der Waals surface area contributed by atoms with Gasteiger partial charge in [-0.25, -0.2) is 0 Å². The Morgan fingerprint density at radius 2 is 1.85 bits per heavy atom. The van der Waals surface area contributed by atoms with Crippen molar-refractivity contribution in [3.63, 3.8) is 0 Å². The number of hydrogen-bond donors (Lipinski definition) is 1. The minimum absolute atomic E-state index is 0.0986. The summed E-state index contributed by atoms with van der Waals surface area (Å²) in [5, 5.41) is 2.49. The van der Waals surface area contributed by atoms with Crippen LogP contribution >= 0.6 is 0 Å². The molecule has 1 amide bonds. The number of ether oxygens (including phenoxy) is 3. The van der Waals surface area contributed by atoms with Crippen LogP contribution in [0.4, 0.5) is 0 Å². The number of carbonyl (C=O) groups is 1. The molecule has 0 spiro atoms. The number of carbonyl (C=O) groups excluding carboxylic acids is 1. The summed E-state index contributed by atoms with van der Waals surface area (Å²) in [4.78, 5) is 10.8. The van der Waals surface area contributed by atoms with E-state index in [1.54, 1.807) is 0 Å². The lowest BCUT2D eigenvalue weighted by molar-refractivity contribution is -0.346. The van der Waals surface area contributed by atoms with Gasteiger partial charge in [0.25, 0.3) is 0 Å². The molecule has 0 heterocycles. The number of rotatable bonds is 6. The fraction of sp³-hybridized carbons (Fsp3) is 0.625. The van der Waals surface area contributed by atoms with Crippen molar-refractivity contribution in [3.8, 4) is 0 Å². The second-order valence-electron chi connectivity index (χ2n) is 2.22. The van der Waals surface area contributed by atoms with Gasteiger partial charge in [0.1, 0.15) is 0 Å². The Balaban J connectivity index is 4.09. The third-order valence-corrected chi connectivity index (χ3v) is 1.60. The largest absolute Gasteiger partial charge is 0.344 e. The molecule has 0 aromatic heterocycles. The zero-order chi connectivity index (χ0) is 10.3. The van der Waals surface area contributed by atoms with Crippen molar-refractivity contribution in [2.24, 2.45) is 0 Å². The Bertz CT molecular complexity index is 169. The van der Waals surface area contributed by atoms with Gasteiger partial charge in [-0.2, -0.15) is 0 Å². The maximum atomic E-state index is 10.8. The second-order valence-corrected chi connectivity index (χ2v) is 2.22. The number of hydrogen-bond acceptors (Lipinski definition) is 4. The third-order valence-electron chi connectivity index (χ3n) is 1.60. The van der Waals surface area contributed by atoms with Gasteiger partial charge in [-0.15, -0.1) is 0 Å². The summed E-state index contributed by atoms with van der Waals surface area (Å²) in [5.74, 6) is -1.53. The first-order valence-corrected chi connectivity index (χ1v) is 3.70. The van der Waals surface area contributed by atoms with E-state index in [-0.39, 0.29) is 12.5 Å². The summed E-state index contributed by atoms with van der Waals surface area (Å²) in [7, 11) is 4.27. The molecule has 0 radical (unpaired) electrons. The fourth-order valence-electron chi connectivity index (χ4n) is 0.734. The molecule has 0 rings (SSSR count). The van der Waals surface area contributed by atoms with Crippen LogP contribution in [0.2, 0.25) is 0 Å². The van der Waals surface area contributed by atoms with E-state index < -0.39 is 5.97 Å². The van der Waals surface area contributed by atoms with E-state index in [1.807, 2.05) is 0 Å². The van der Waals surface area contributed by atoms with E-state index in [4.69, 9.17) is 14.2 Å². The molecule has 0 aliphatic heterocycles. The average molecular weight is 189 g/mol. The van der Waals surface area contributed by atoms with Crippen molar-refractivity contribution in [2.75, 3.05) is 27.9 Å². The van der Waals surface area contributed by atoms with Crippen LogP contribution in [0.15, 0.2) is 12.7 Å². The number of methoxy groups -OCH3 is 3. The Morgan fingerprint density at radius 3 is 2.15 bits per heavy atom. The predicted octanol–water partition coefficient (Wildman–Crippen LogP) is -0.118. The molecule has 76 valence electrons. The molecule has 0 aromatic rings. The van der Waals surface area contributed by atoms with Crippen molar-refractivity contribution < 1.29 is 19.0 Å². The lowest BCUT2D eigenvalue weighted by Gasteiger charge is -2.28. The van der Waals surface area contributed by atoms with Gasteiger partial charge in [-0.05, 0) is 6.08 Å². The van der Waals surface area contributed by atoms with Gasteiger partial charge < -0.3 is 19.5 Å². The first kappa shape index (κ1) is 12.1. The molecule has 0 saturated carbocycles. The average Bonchev–Trinajstić information content (AvgIpc) is 2.20. The van der Waals surface area contributed by atoms with Crippen molar-refractivity contribution in [3.05, 3.63) is 12.7 Å². The third kappa shape index (κ3) is 3.54. The minimum Gasteiger partial charge on any atom is -0.344 e. The highest BCUT2D eigenvalue weighted by Crippen LogP contribution is 2.09. The molecule has 0 aromatic carbocycles. The molecule has 0 atom stereocenters. The molecule has 0 unspecified atom stereocenters. The molecule has 0 aliphatic rings. The van der Waals surface area contributed by atoms with Crippen LogP contribution in [0.5, 0.6) is 0 Å². The van der Waals surface area contributed by atoms with Crippen molar-refractivity contribution in [1.29, 1.82) is 0 Å². The molecule has 13 heavy (non-hydrogen) atoms. The van der Waals surface area contributed by atoms with E-state index >= 15 is 0 Å². The molecule has 5 heteroatoms. The number of amides is 1. The van der Waals surface area contributed by atoms with E-state index in [9.17, 15) is 4.79 Å². The fourth-order valence-corrected chi connectivity index (χ4v) is 0.734. The summed E-state index contributed by atoms with van der Waals surface area (Å²) in [6.07, 6.45) is 1.16. The minimum atomic E-state index is -1.22. The monoisotopic (exact) mass is 189 g/mol. The molecular weight excluding hydrogens is 174 g/mol. The van der Waals surface area contributed by atoms with Gasteiger partial charge in [0.15, 0.2) is 0 Å². The summed E-state index contributed by atoms with van der Waals surface area (Å²) in [6, 6.07) is 0. The molecule has 0 saturated heterocycles. The van der Waals surface area contributed by atoms with Crippen LogP contribution in [0.25, 0.3) is 0 Å².